The number of ether oxygens (including phenoxy) is 1. The van der Waals surface area contributed by atoms with Gasteiger partial charge in [0.25, 0.3) is 0 Å². The number of pyridine rings is 1. The van der Waals surface area contributed by atoms with Crippen LogP contribution >= 0.6 is 0 Å². The number of piperidine rings is 1. The molecule has 1 aliphatic rings. The molecule has 0 atom stereocenters. The van der Waals surface area contributed by atoms with Crippen LogP contribution in [0.15, 0.2) is 30.6 Å². The summed E-state index contributed by atoms with van der Waals surface area (Å²) >= 11 is 0. The molecule has 194 valence electrons. The predicted molar refractivity (Wildman–Crippen MR) is 121 cm³/mol. The molecule has 0 bridgehead atoms. The Hall–Kier alpha value is -4.14. The number of tetrazole rings is 1. The van der Waals surface area contributed by atoms with Crippen molar-refractivity contribution in [2.75, 3.05) is 25.9 Å². The van der Waals surface area contributed by atoms with Gasteiger partial charge in [0.15, 0.2) is 23.1 Å². The van der Waals surface area contributed by atoms with Gasteiger partial charge in [-0.2, -0.15) is 27.3 Å². The largest absolute Gasteiger partial charge is 0.494 e. The lowest BCUT2D eigenvalue weighted by Gasteiger charge is -2.22. The molecule has 0 saturated carbocycles. The van der Waals surface area contributed by atoms with Crippen LogP contribution in [0.4, 0.5) is 27.8 Å². The zero-order valence-corrected chi connectivity index (χ0v) is 19.3. The molecule has 10 nitrogen and oxygen atoms in total. The Labute approximate surface area is 206 Å². The molecule has 15 heteroatoms. The lowest BCUT2D eigenvalue weighted by atomic mass is 10.0. The van der Waals surface area contributed by atoms with Gasteiger partial charge in [-0.05, 0) is 54.6 Å². The predicted octanol–water partition coefficient (Wildman–Crippen LogP) is 3.40. The Morgan fingerprint density at radius 2 is 1.86 bits per heavy atom. The van der Waals surface area contributed by atoms with E-state index < -0.39 is 23.5 Å². The fourth-order valence-electron chi connectivity index (χ4n) is 4.23. The Balaban J connectivity index is 1.61. The van der Waals surface area contributed by atoms with Gasteiger partial charge in [0, 0.05) is 23.5 Å². The molecule has 1 saturated heterocycles. The van der Waals surface area contributed by atoms with E-state index in [-0.39, 0.29) is 45.8 Å². The zero-order valence-electron chi connectivity index (χ0n) is 19.3. The van der Waals surface area contributed by atoms with Crippen molar-refractivity contribution in [3.8, 4) is 34.0 Å². The number of aromatic nitrogens is 7. The second kappa shape index (κ2) is 9.38. The van der Waals surface area contributed by atoms with Crippen LogP contribution < -0.4 is 15.8 Å². The lowest BCUT2D eigenvalue weighted by molar-refractivity contribution is -0.141. The normalized spacial score (nSPS) is 14.8. The number of alkyl halides is 3. The third kappa shape index (κ3) is 4.45. The fraction of sp³-hybridized carbons (Fsp3) is 0.318. The SMILES string of the molecule is COc1ccc(-n2nnnc2-c2cc(-c3cn(C4CCNCC4)nc3C(F)(F)F)cnc2N)c(F)c1F. The number of nitrogen functional groups attached to an aromatic ring is 1. The summed E-state index contributed by atoms with van der Waals surface area (Å²) in [5.41, 5.74) is 4.42. The van der Waals surface area contributed by atoms with Crippen molar-refractivity contribution < 1.29 is 26.7 Å². The number of benzene rings is 1. The van der Waals surface area contributed by atoms with E-state index in [0.717, 1.165) is 4.68 Å². The minimum absolute atomic E-state index is 0.0147. The maximum atomic E-state index is 14.8. The maximum absolute atomic E-state index is 14.8. The van der Waals surface area contributed by atoms with E-state index in [1.54, 1.807) is 0 Å². The minimum atomic E-state index is -4.74. The monoisotopic (exact) mass is 521 g/mol. The molecule has 5 rings (SSSR count). The summed E-state index contributed by atoms with van der Waals surface area (Å²) in [6, 6.07) is 3.48. The van der Waals surface area contributed by atoms with Crippen molar-refractivity contribution in [3.63, 3.8) is 0 Å². The molecule has 1 fully saturated rings. The molecule has 37 heavy (non-hydrogen) atoms. The fourth-order valence-corrected chi connectivity index (χ4v) is 4.23. The molecule has 0 aliphatic carbocycles. The summed E-state index contributed by atoms with van der Waals surface area (Å²) in [5, 5.41) is 18.1. The highest BCUT2D eigenvalue weighted by Gasteiger charge is 2.38. The number of nitrogens with one attached hydrogen (secondary N) is 1. The first-order chi connectivity index (χ1) is 17.7. The highest BCUT2D eigenvalue weighted by molar-refractivity contribution is 5.77. The number of hydrogen-bond donors (Lipinski definition) is 2. The van der Waals surface area contributed by atoms with E-state index in [1.807, 2.05) is 0 Å². The smallest absolute Gasteiger partial charge is 0.435 e. The van der Waals surface area contributed by atoms with E-state index in [4.69, 9.17) is 10.5 Å². The van der Waals surface area contributed by atoms with Crippen molar-refractivity contribution in [1.82, 2.24) is 40.3 Å². The van der Waals surface area contributed by atoms with Crippen LogP contribution in [0.1, 0.15) is 24.6 Å². The second-order valence-corrected chi connectivity index (χ2v) is 8.34. The third-order valence-corrected chi connectivity index (χ3v) is 6.10. The first kappa shape index (κ1) is 24.5. The average Bonchev–Trinajstić information content (AvgIpc) is 3.55. The first-order valence-corrected chi connectivity index (χ1v) is 11.1. The van der Waals surface area contributed by atoms with Gasteiger partial charge in [-0.3, -0.25) is 4.68 Å². The van der Waals surface area contributed by atoms with Gasteiger partial charge in [-0.15, -0.1) is 5.10 Å². The molecule has 0 spiro atoms. The van der Waals surface area contributed by atoms with E-state index in [9.17, 15) is 22.0 Å². The van der Waals surface area contributed by atoms with Crippen molar-refractivity contribution in [3.05, 3.63) is 47.9 Å². The Morgan fingerprint density at radius 1 is 1.11 bits per heavy atom. The second-order valence-electron chi connectivity index (χ2n) is 8.34. The molecule has 1 aromatic carbocycles. The van der Waals surface area contributed by atoms with Gasteiger partial charge < -0.3 is 15.8 Å². The Bertz CT molecular complexity index is 1440. The van der Waals surface area contributed by atoms with Crippen LogP contribution in [0.25, 0.3) is 28.2 Å². The molecule has 0 unspecified atom stereocenters. The molecule has 4 heterocycles. The summed E-state index contributed by atoms with van der Waals surface area (Å²) in [5.74, 6) is -3.17. The van der Waals surface area contributed by atoms with Gasteiger partial charge >= 0.3 is 6.18 Å². The molecule has 0 radical (unpaired) electrons. The number of nitrogens with zero attached hydrogens (tertiary/aromatic N) is 7. The number of nitrogens with two attached hydrogens (primary N) is 1. The van der Waals surface area contributed by atoms with E-state index in [1.165, 1.54) is 42.4 Å². The summed E-state index contributed by atoms with van der Waals surface area (Å²) in [4.78, 5) is 4.03. The maximum Gasteiger partial charge on any atom is 0.435 e. The van der Waals surface area contributed by atoms with Gasteiger partial charge in [0.05, 0.1) is 18.7 Å². The van der Waals surface area contributed by atoms with Crippen LogP contribution in [0, 0.1) is 11.6 Å². The molecule has 3 N–H and O–H groups in total. The number of methoxy groups -OCH3 is 1. The number of hydrogen-bond acceptors (Lipinski definition) is 8. The highest BCUT2D eigenvalue weighted by Crippen LogP contribution is 2.39. The van der Waals surface area contributed by atoms with Gasteiger partial charge in [0.1, 0.15) is 11.5 Å². The van der Waals surface area contributed by atoms with Crippen molar-refractivity contribution in [2.45, 2.75) is 25.1 Å². The van der Waals surface area contributed by atoms with E-state index in [2.05, 4.69) is 30.9 Å². The topological polar surface area (TPSA) is 122 Å². The van der Waals surface area contributed by atoms with Crippen molar-refractivity contribution >= 4 is 5.82 Å². The quantitative estimate of drug-likeness (QED) is 0.384. The van der Waals surface area contributed by atoms with Crippen molar-refractivity contribution in [2.24, 2.45) is 0 Å². The summed E-state index contributed by atoms with van der Waals surface area (Å²) in [6.07, 6.45) is -0.970. The molecule has 4 aromatic rings. The molecular formula is C22H20F5N9O. The number of rotatable bonds is 5. The molecule has 3 aromatic heterocycles. The Kier molecular flexibility index (Phi) is 6.23. The van der Waals surface area contributed by atoms with Gasteiger partial charge in [-0.1, -0.05) is 0 Å². The van der Waals surface area contributed by atoms with E-state index >= 15 is 0 Å². The van der Waals surface area contributed by atoms with Gasteiger partial charge in [0.2, 0.25) is 5.82 Å². The molecule has 1 aliphatic heterocycles. The number of halogens is 5. The summed E-state index contributed by atoms with van der Waals surface area (Å²) in [6.45, 7) is 1.33. The first-order valence-electron chi connectivity index (χ1n) is 11.1. The minimum Gasteiger partial charge on any atom is -0.494 e. The third-order valence-electron chi connectivity index (χ3n) is 6.10. The lowest BCUT2D eigenvalue weighted by Crippen LogP contribution is -2.29. The summed E-state index contributed by atoms with van der Waals surface area (Å²) < 4.78 is 77.9. The van der Waals surface area contributed by atoms with Crippen LogP contribution in [0.3, 0.4) is 0 Å². The van der Waals surface area contributed by atoms with Gasteiger partial charge in [-0.25, -0.2) is 9.37 Å². The average molecular weight is 521 g/mol. The number of anilines is 1. The van der Waals surface area contributed by atoms with Crippen molar-refractivity contribution in [1.29, 1.82) is 0 Å². The molecular weight excluding hydrogens is 501 g/mol. The van der Waals surface area contributed by atoms with E-state index in [0.29, 0.717) is 25.9 Å². The Morgan fingerprint density at radius 3 is 2.57 bits per heavy atom. The van der Waals surface area contributed by atoms with Crippen LogP contribution in [-0.2, 0) is 6.18 Å². The molecule has 0 amide bonds. The zero-order chi connectivity index (χ0) is 26.3. The van der Waals surface area contributed by atoms with Crippen LogP contribution in [0.2, 0.25) is 0 Å². The standard InChI is InChI=1S/C22H20F5N9O/c1-37-16-3-2-15(17(23)18(16)24)36-21(31-33-34-36)13-8-11(9-30-20(13)28)14-10-35(12-4-6-29-7-5-12)32-19(14)22(25,26)27/h2-3,8-10,12,29H,4-7H2,1H3,(H2,28,30). The summed E-state index contributed by atoms with van der Waals surface area (Å²) in [7, 11) is 1.18. The highest BCUT2D eigenvalue weighted by atomic mass is 19.4. The van der Waals surface area contributed by atoms with Crippen LogP contribution in [0.5, 0.6) is 5.75 Å². The van der Waals surface area contributed by atoms with Crippen LogP contribution in [-0.4, -0.2) is 55.2 Å².